The quantitative estimate of drug-likeness (QED) is 0.812. The molecular formula is C12H10N2O2S. The number of nitrogens with zero attached hydrogens (tertiary/aromatic N) is 1. The van der Waals surface area contributed by atoms with Crippen molar-refractivity contribution in [3.8, 4) is 0 Å². The highest BCUT2D eigenvalue weighted by molar-refractivity contribution is 8.00. The van der Waals surface area contributed by atoms with Crippen molar-refractivity contribution < 1.29 is 9.90 Å². The van der Waals surface area contributed by atoms with Gasteiger partial charge in [-0.15, -0.1) is 0 Å². The van der Waals surface area contributed by atoms with Crippen molar-refractivity contribution in [2.75, 3.05) is 4.72 Å². The number of hydrogen-bond donors (Lipinski definition) is 2. The van der Waals surface area contributed by atoms with Crippen LogP contribution in [0.4, 0.5) is 5.69 Å². The van der Waals surface area contributed by atoms with Crippen molar-refractivity contribution in [1.82, 2.24) is 4.98 Å². The van der Waals surface area contributed by atoms with E-state index in [0.717, 1.165) is 10.7 Å². The van der Waals surface area contributed by atoms with E-state index < -0.39 is 5.97 Å². The van der Waals surface area contributed by atoms with Gasteiger partial charge in [0.15, 0.2) is 0 Å². The van der Waals surface area contributed by atoms with E-state index in [0.29, 0.717) is 0 Å². The second-order valence-electron chi connectivity index (χ2n) is 3.26. The molecule has 0 aliphatic rings. The topological polar surface area (TPSA) is 62.2 Å². The van der Waals surface area contributed by atoms with Gasteiger partial charge in [0.25, 0.3) is 0 Å². The minimum Gasteiger partial charge on any atom is -0.478 e. The molecule has 1 aromatic carbocycles. The standard InChI is InChI=1S/C12H10N2O2S/c15-12(16)9-4-3-5-10(8-9)14-17-11-6-1-2-7-13-11/h1-8,14H,(H,15,16). The van der Waals surface area contributed by atoms with Gasteiger partial charge in [0.05, 0.1) is 5.56 Å². The van der Waals surface area contributed by atoms with E-state index in [4.69, 9.17) is 5.11 Å². The maximum atomic E-state index is 10.8. The highest BCUT2D eigenvalue weighted by Crippen LogP contribution is 2.19. The Labute approximate surface area is 103 Å². The number of rotatable bonds is 4. The number of carboxylic acids is 1. The van der Waals surface area contributed by atoms with Gasteiger partial charge in [0.2, 0.25) is 0 Å². The predicted molar refractivity (Wildman–Crippen MR) is 67.1 cm³/mol. The van der Waals surface area contributed by atoms with Gasteiger partial charge < -0.3 is 9.83 Å². The molecule has 0 unspecified atom stereocenters. The minimum absolute atomic E-state index is 0.261. The molecular weight excluding hydrogens is 236 g/mol. The fourth-order valence-corrected chi connectivity index (χ4v) is 1.84. The van der Waals surface area contributed by atoms with E-state index in [9.17, 15) is 4.79 Å². The van der Waals surface area contributed by atoms with Crippen molar-refractivity contribution in [2.24, 2.45) is 0 Å². The van der Waals surface area contributed by atoms with Crippen LogP contribution in [0.2, 0.25) is 0 Å². The van der Waals surface area contributed by atoms with Crippen LogP contribution < -0.4 is 4.72 Å². The number of benzene rings is 1. The summed E-state index contributed by atoms with van der Waals surface area (Å²) in [6.45, 7) is 0. The fourth-order valence-electron chi connectivity index (χ4n) is 1.23. The summed E-state index contributed by atoms with van der Waals surface area (Å²) in [5.41, 5.74) is 0.997. The maximum absolute atomic E-state index is 10.8. The van der Waals surface area contributed by atoms with Gasteiger partial charge in [-0.2, -0.15) is 0 Å². The van der Waals surface area contributed by atoms with Crippen LogP contribution in [0.15, 0.2) is 53.7 Å². The Kier molecular flexibility index (Phi) is 3.62. The molecule has 1 aromatic heterocycles. The van der Waals surface area contributed by atoms with Crippen molar-refractivity contribution in [3.63, 3.8) is 0 Å². The van der Waals surface area contributed by atoms with E-state index in [1.54, 1.807) is 24.4 Å². The van der Waals surface area contributed by atoms with Crippen LogP contribution in [0, 0.1) is 0 Å². The monoisotopic (exact) mass is 246 g/mol. The maximum Gasteiger partial charge on any atom is 0.335 e. The van der Waals surface area contributed by atoms with Crippen LogP contribution in [0.5, 0.6) is 0 Å². The van der Waals surface area contributed by atoms with Crippen molar-refractivity contribution in [3.05, 3.63) is 54.2 Å². The lowest BCUT2D eigenvalue weighted by atomic mass is 10.2. The van der Waals surface area contributed by atoms with E-state index in [1.807, 2.05) is 24.3 Å². The highest BCUT2D eigenvalue weighted by Gasteiger charge is 2.03. The molecule has 0 amide bonds. The normalized spacial score (nSPS) is 9.88. The summed E-state index contributed by atoms with van der Waals surface area (Å²) in [6, 6.07) is 12.3. The summed E-state index contributed by atoms with van der Waals surface area (Å²) in [4.78, 5) is 14.9. The van der Waals surface area contributed by atoms with E-state index >= 15 is 0 Å². The minimum atomic E-state index is -0.934. The molecule has 4 nitrogen and oxygen atoms in total. The molecule has 0 atom stereocenters. The van der Waals surface area contributed by atoms with E-state index in [1.165, 1.54) is 11.9 Å². The number of carbonyl (C=O) groups is 1. The number of pyridine rings is 1. The number of aromatic carboxylic acids is 1. The van der Waals surface area contributed by atoms with Gasteiger partial charge in [-0.1, -0.05) is 12.1 Å². The van der Waals surface area contributed by atoms with Crippen molar-refractivity contribution in [2.45, 2.75) is 5.03 Å². The number of anilines is 1. The summed E-state index contributed by atoms with van der Waals surface area (Å²) in [7, 11) is 0. The molecule has 0 saturated carbocycles. The van der Waals surface area contributed by atoms with Gasteiger partial charge in [0.1, 0.15) is 5.03 Å². The summed E-state index contributed by atoms with van der Waals surface area (Å²) in [5, 5.41) is 9.67. The average Bonchev–Trinajstić information content (AvgIpc) is 2.38. The Balaban J connectivity index is 2.04. The first kappa shape index (κ1) is 11.5. The number of hydrogen-bond acceptors (Lipinski definition) is 4. The van der Waals surface area contributed by atoms with Crippen molar-refractivity contribution >= 4 is 23.6 Å². The van der Waals surface area contributed by atoms with Crippen LogP contribution in [-0.2, 0) is 0 Å². The third-order valence-corrected chi connectivity index (χ3v) is 2.81. The van der Waals surface area contributed by atoms with Crippen LogP contribution in [0.3, 0.4) is 0 Å². The first-order chi connectivity index (χ1) is 8.25. The molecule has 0 aliphatic carbocycles. The average molecular weight is 246 g/mol. The molecule has 17 heavy (non-hydrogen) atoms. The molecule has 1 heterocycles. The van der Waals surface area contributed by atoms with Crippen LogP contribution in [0.1, 0.15) is 10.4 Å². The van der Waals surface area contributed by atoms with Crippen LogP contribution in [0.25, 0.3) is 0 Å². The molecule has 0 bridgehead atoms. The summed E-state index contributed by atoms with van der Waals surface area (Å²) in [5.74, 6) is -0.934. The second kappa shape index (κ2) is 5.36. The molecule has 2 rings (SSSR count). The van der Waals surface area contributed by atoms with Gasteiger partial charge in [-0.25, -0.2) is 9.78 Å². The smallest absolute Gasteiger partial charge is 0.335 e. The van der Waals surface area contributed by atoms with Gasteiger partial charge >= 0.3 is 5.97 Å². The van der Waals surface area contributed by atoms with Crippen LogP contribution >= 0.6 is 11.9 Å². The Morgan fingerprint density at radius 3 is 2.82 bits per heavy atom. The highest BCUT2D eigenvalue weighted by atomic mass is 32.2. The lowest BCUT2D eigenvalue weighted by Crippen LogP contribution is -1.97. The Morgan fingerprint density at radius 1 is 1.24 bits per heavy atom. The molecule has 0 radical (unpaired) electrons. The largest absolute Gasteiger partial charge is 0.478 e. The Bertz CT molecular complexity index is 517. The molecule has 2 N–H and O–H groups in total. The zero-order valence-electron chi connectivity index (χ0n) is 8.83. The zero-order chi connectivity index (χ0) is 12.1. The summed E-state index contributed by atoms with van der Waals surface area (Å²) < 4.78 is 3.05. The van der Waals surface area contributed by atoms with Gasteiger partial charge in [-0.05, 0) is 30.3 Å². The third-order valence-electron chi connectivity index (χ3n) is 2.02. The lowest BCUT2D eigenvalue weighted by Gasteiger charge is -2.05. The SMILES string of the molecule is O=C(O)c1cccc(NSc2ccccn2)c1. The zero-order valence-corrected chi connectivity index (χ0v) is 9.65. The number of carboxylic acid groups (broad SMARTS) is 1. The number of nitrogens with one attached hydrogen (secondary N) is 1. The Hall–Kier alpha value is -2.01. The van der Waals surface area contributed by atoms with Crippen molar-refractivity contribution in [1.29, 1.82) is 0 Å². The molecule has 2 aromatic rings. The first-order valence-corrected chi connectivity index (χ1v) is 5.74. The third kappa shape index (κ3) is 3.22. The lowest BCUT2D eigenvalue weighted by molar-refractivity contribution is 0.0697. The van der Waals surface area contributed by atoms with E-state index in [-0.39, 0.29) is 5.56 Å². The molecule has 86 valence electrons. The second-order valence-corrected chi connectivity index (χ2v) is 4.08. The van der Waals surface area contributed by atoms with Crippen LogP contribution in [-0.4, -0.2) is 16.1 Å². The van der Waals surface area contributed by atoms with Gasteiger partial charge in [0, 0.05) is 23.8 Å². The van der Waals surface area contributed by atoms with Gasteiger partial charge in [-0.3, -0.25) is 0 Å². The van der Waals surface area contributed by atoms with E-state index in [2.05, 4.69) is 9.71 Å². The number of aromatic nitrogens is 1. The summed E-state index contributed by atoms with van der Waals surface area (Å²) >= 11 is 1.34. The molecule has 5 heteroatoms. The predicted octanol–water partition coefficient (Wildman–Crippen LogP) is 2.90. The molecule has 0 fully saturated rings. The molecule has 0 saturated heterocycles. The Morgan fingerprint density at radius 2 is 2.12 bits per heavy atom. The molecule has 0 spiro atoms. The molecule has 0 aliphatic heterocycles. The first-order valence-electron chi connectivity index (χ1n) is 4.93. The fraction of sp³-hybridized carbons (Fsp3) is 0. The summed E-state index contributed by atoms with van der Waals surface area (Å²) in [6.07, 6.45) is 1.71.